The third-order valence-corrected chi connectivity index (χ3v) is 2.46. The molecule has 0 saturated heterocycles. The Balaban J connectivity index is 2.04. The van der Waals surface area contributed by atoms with Gasteiger partial charge in [0.05, 0.1) is 17.3 Å². The van der Waals surface area contributed by atoms with Gasteiger partial charge in [-0.05, 0) is 30.3 Å². The first-order valence-corrected chi connectivity index (χ1v) is 5.57. The van der Waals surface area contributed by atoms with Crippen molar-refractivity contribution in [2.75, 3.05) is 12.4 Å². The largest absolute Gasteiger partial charge is 0.487 e. The highest BCUT2D eigenvalue weighted by Crippen LogP contribution is 2.15. The number of hydrogen-bond donors (Lipinski definition) is 1. The molecule has 1 heterocycles. The van der Waals surface area contributed by atoms with E-state index in [0.29, 0.717) is 17.9 Å². The van der Waals surface area contributed by atoms with Gasteiger partial charge in [-0.2, -0.15) is 5.26 Å². The lowest BCUT2D eigenvalue weighted by Crippen LogP contribution is -1.99. The highest BCUT2D eigenvalue weighted by molar-refractivity contribution is 5.42. The lowest BCUT2D eigenvalue weighted by Gasteiger charge is -2.07. The molecule has 0 aliphatic carbocycles. The van der Waals surface area contributed by atoms with E-state index >= 15 is 0 Å². The molecule has 0 saturated carbocycles. The van der Waals surface area contributed by atoms with E-state index in [1.165, 1.54) is 0 Å². The molecule has 0 aliphatic heterocycles. The Labute approximate surface area is 106 Å². The molecule has 0 amide bonds. The number of pyridine rings is 1. The number of nitriles is 1. The summed E-state index contributed by atoms with van der Waals surface area (Å²) in [4.78, 5) is 4.21. The Hall–Kier alpha value is -2.54. The van der Waals surface area contributed by atoms with Crippen LogP contribution in [0, 0.1) is 11.3 Å². The Kier molecular flexibility index (Phi) is 3.77. The summed E-state index contributed by atoms with van der Waals surface area (Å²) >= 11 is 0. The fraction of sp³-hybridized carbons (Fsp3) is 0.143. The smallest absolute Gasteiger partial charge is 0.130 e. The minimum absolute atomic E-state index is 0.379. The van der Waals surface area contributed by atoms with E-state index in [1.807, 2.05) is 25.2 Å². The van der Waals surface area contributed by atoms with E-state index in [9.17, 15) is 0 Å². The van der Waals surface area contributed by atoms with Gasteiger partial charge in [-0.15, -0.1) is 0 Å². The van der Waals surface area contributed by atoms with E-state index in [2.05, 4.69) is 16.4 Å². The van der Waals surface area contributed by atoms with Crippen LogP contribution in [0.5, 0.6) is 5.75 Å². The van der Waals surface area contributed by atoms with Crippen LogP contribution in [-0.4, -0.2) is 12.0 Å². The summed E-state index contributed by atoms with van der Waals surface area (Å²) in [5.41, 5.74) is 2.42. The summed E-state index contributed by atoms with van der Waals surface area (Å²) in [7, 11) is 1.86. The monoisotopic (exact) mass is 239 g/mol. The molecule has 90 valence electrons. The van der Waals surface area contributed by atoms with Crippen molar-refractivity contribution in [3.8, 4) is 11.8 Å². The van der Waals surface area contributed by atoms with Gasteiger partial charge in [0.25, 0.3) is 0 Å². The van der Waals surface area contributed by atoms with E-state index < -0.39 is 0 Å². The minimum Gasteiger partial charge on any atom is -0.487 e. The predicted octanol–water partition coefficient (Wildman–Crippen LogP) is 2.57. The number of ether oxygens (including phenoxy) is 1. The van der Waals surface area contributed by atoms with Gasteiger partial charge in [0, 0.05) is 18.9 Å². The maximum atomic E-state index is 8.79. The fourth-order valence-electron chi connectivity index (χ4n) is 1.53. The number of nitrogens with one attached hydrogen (secondary N) is 1. The van der Waals surface area contributed by atoms with Crippen LogP contribution >= 0.6 is 0 Å². The zero-order valence-electron chi connectivity index (χ0n) is 10.1. The Morgan fingerprint density at radius 2 is 2.22 bits per heavy atom. The summed E-state index contributed by atoms with van der Waals surface area (Å²) < 4.78 is 5.59. The maximum absolute atomic E-state index is 8.79. The van der Waals surface area contributed by atoms with Crippen LogP contribution < -0.4 is 10.1 Å². The van der Waals surface area contributed by atoms with Crippen molar-refractivity contribution in [3.05, 3.63) is 53.9 Å². The molecule has 2 rings (SSSR count). The number of nitrogens with zero attached hydrogens (tertiary/aromatic N) is 2. The molecule has 4 nitrogen and oxygen atoms in total. The zero-order valence-corrected chi connectivity index (χ0v) is 10.1. The molecular weight excluding hydrogens is 226 g/mol. The van der Waals surface area contributed by atoms with E-state index in [-0.39, 0.29) is 0 Å². The summed E-state index contributed by atoms with van der Waals surface area (Å²) in [6.07, 6.45) is 1.73. The van der Waals surface area contributed by atoms with Crippen LogP contribution in [-0.2, 0) is 6.61 Å². The summed E-state index contributed by atoms with van der Waals surface area (Å²) in [6.45, 7) is 0.379. The second-order valence-corrected chi connectivity index (χ2v) is 3.71. The lowest BCUT2D eigenvalue weighted by atomic mass is 10.2. The highest BCUT2D eigenvalue weighted by Gasteiger charge is 1.99. The first kappa shape index (κ1) is 11.9. The summed E-state index contributed by atoms with van der Waals surface area (Å²) in [5.74, 6) is 0.672. The number of anilines is 1. The predicted molar refractivity (Wildman–Crippen MR) is 69.3 cm³/mol. The van der Waals surface area contributed by atoms with Crippen LogP contribution in [0.1, 0.15) is 11.3 Å². The topological polar surface area (TPSA) is 57.9 Å². The molecule has 0 atom stereocenters. The second kappa shape index (κ2) is 5.69. The number of hydrogen-bond acceptors (Lipinski definition) is 4. The Morgan fingerprint density at radius 3 is 3.00 bits per heavy atom. The zero-order chi connectivity index (χ0) is 12.8. The molecule has 0 bridgehead atoms. The van der Waals surface area contributed by atoms with Crippen molar-refractivity contribution in [1.82, 2.24) is 4.98 Å². The van der Waals surface area contributed by atoms with Gasteiger partial charge < -0.3 is 10.1 Å². The highest BCUT2D eigenvalue weighted by atomic mass is 16.5. The fourth-order valence-corrected chi connectivity index (χ4v) is 1.53. The number of aromatic nitrogens is 1. The van der Waals surface area contributed by atoms with Crippen molar-refractivity contribution >= 4 is 5.69 Å². The standard InChI is InChI=1S/C14H13N3O/c1-16-12-5-6-17-13(8-12)10-18-14-4-2-3-11(7-14)9-15/h2-8H,10H2,1H3,(H,16,17). The molecule has 1 aromatic heterocycles. The van der Waals surface area contributed by atoms with Crippen molar-refractivity contribution in [3.63, 3.8) is 0 Å². The SMILES string of the molecule is CNc1ccnc(COc2cccc(C#N)c2)c1. The van der Waals surface area contributed by atoms with Crippen molar-refractivity contribution in [2.45, 2.75) is 6.61 Å². The van der Waals surface area contributed by atoms with E-state index in [1.54, 1.807) is 24.4 Å². The van der Waals surface area contributed by atoms with Crippen LogP contribution in [0.3, 0.4) is 0 Å². The number of rotatable bonds is 4. The molecule has 0 fully saturated rings. The third-order valence-electron chi connectivity index (χ3n) is 2.46. The van der Waals surface area contributed by atoms with Gasteiger partial charge in [-0.25, -0.2) is 0 Å². The molecule has 4 heteroatoms. The van der Waals surface area contributed by atoms with Crippen LogP contribution in [0.15, 0.2) is 42.6 Å². The van der Waals surface area contributed by atoms with Gasteiger partial charge in [0.1, 0.15) is 12.4 Å². The minimum atomic E-state index is 0.379. The van der Waals surface area contributed by atoms with Crippen LogP contribution in [0.2, 0.25) is 0 Å². The van der Waals surface area contributed by atoms with Gasteiger partial charge >= 0.3 is 0 Å². The quantitative estimate of drug-likeness (QED) is 0.890. The lowest BCUT2D eigenvalue weighted by molar-refractivity contribution is 0.301. The Bertz CT molecular complexity index is 575. The average Bonchev–Trinajstić information content (AvgIpc) is 2.45. The second-order valence-electron chi connectivity index (χ2n) is 3.71. The van der Waals surface area contributed by atoms with Crippen molar-refractivity contribution in [1.29, 1.82) is 5.26 Å². The normalized spacial score (nSPS) is 9.56. The maximum Gasteiger partial charge on any atom is 0.130 e. The molecule has 1 aromatic carbocycles. The molecule has 0 aliphatic rings. The van der Waals surface area contributed by atoms with Crippen molar-refractivity contribution < 1.29 is 4.74 Å². The number of benzene rings is 1. The van der Waals surface area contributed by atoms with Crippen LogP contribution in [0.4, 0.5) is 5.69 Å². The molecule has 1 N–H and O–H groups in total. The van der Waals surface area contributed by atoms with E-state index in [0.717, 1.165) is 11.4 Å². The van der Waals surface area contributed by atoms with E-state index in [4.69, 9.17) is 10.00 Å². The van der Waals surface area contributed by atoms with Gasteiger partial charge in [0.2, 0.25) is 0 Å². The van der Waals surface area contributed by atoms with Gasteiger partial charge in [-0.3, -0.25) is 4.98 Å². The molecule has 2 aromatic rings. The molecule has 0 spiro atoms. The van der Waals surface area contributed by atoms with Crippen LogP contribution in [0.25, 0.3) is 0 Å². The first-order valence-electron chi connectivity index (χ1n) is 5.57. The van der Waals surface area contributed by atoms with Gasteiger partial charge in [-0.1, -0.05) is 6.07 Å². The molecule has 0 unspecified atom stereocenters. The first-order chi connectivity index (χ1) is 8.81. The molecule has 18 heavy (non-hydrogen) atoms. The average molecular weight is 239 g/mol. The summed E-state index contributed by atoms with van der Waals surface area (Å²) in [5, 5.41) is 11.8. The molecule has 0 radical (unpaired) electrons. The summed E-state index contributed by atoms with van der Waals surface area (Å²) in [6, 6.07) is 13.0. The third kappa shape index (κ3) is 2.98. The Morgan fingerprint density at radius 1 is 1.33 bits per heavy atom. The van der Waals surface area contributed by atoms with Crippen molar-refractivity contribution in [2.24, 2.45) is 0 Å². The molecular formula is C14H13N3O. The van der Waals surface area contributed by atoms with Gasteiger partial charge in [0.15, 0.2) is 0 Å².